The van der Waals surface area contributed by atoms with Crippen LogP contribution in [0.15, 0.2) is 0 Å². The van der Waals surface area contributed by atoms with Gasteiger partial charge in [-0.2, -0.15) is 24.9 Å². The van der Waals surface area contributed by atoms with E-state index >= 15 is 0 Å². The molecule has 0 bridgehead atoms. The number of hydrogen-bond acceptors (Lipinski definition) is 3. The van der Waals surface area contributed by atoms with Gasteiger partial charge < -0.3 is 10.2 Å². The second-order valence-electron chi connectivity index (χ2n) is 5.99. The molecule has 128 valence electrons. The van der Waals surface area contributed by atoms with Gasteiger partial charge in [-0.1, -0.05) is 6.42 Å². The van der Waals surface area contributed by atoms with Crippen molar-refractivity contribution in [3.8, 4) is 0 Å². The number of amides is 2. The molecule has 1 saturated heterocycles. The minimum Gasteiger partial charge on any atom is -0.334 e. The Morgan fingerprint density at radius 2 is 1.95 bits per heavy atom. The van der Waals surface area contributed by atoms with Crippen molar-refractivity contribution in [1.82, 2.24) is 15.1 Å². The summed E-state index contributed by atoms with van der Waals surface area (Å²) in [6.45, 7) is 0.665. The molecule has 1 N–H and O–H groups in total. The van der Waals surface area contributed by atoms with Crippen molar-refractivity contribution in [3.05, 3.63) is 0 Å². The van der Waals surface area contributed by atoms with Gasteiger partial charge in [0, 0.05) is 37.5 Å². The van der Waals surface area contributed by atoms with Crippen LogP contribution < -0.4 is 5.32 Å². The molecule has 0 aromatic heterocycles. The van der Waals surface area contributed by atoms with Crippen LogP contribution in [0.1, 0.15) is 25.7 Å². The topological polar surface area (TPSA) is 35.6 Å². The van der Waals surface area contributed by atoms with E-state index < -0.39 is 12.7 Å². The average Bonchev–Trinajstić information content (AvgIpc) is 2.74. The molecule has 0 spiro atoms. The van der Waals surface area contributed by atoms with Gasteiger partial charge in [-0.05, 0) is 25.5 Å². The summed E-state index contributed by atoms with van der Waals surface area (Å²) in [7, 11) is 0. The number of alkyl halides is 3. The fourth-order valence-corrected chi connectivity index (χ4v) is 4.14. The molecule has 2 fully saturated rings. The maximum absolute atomic E-state index is 12.4. The largest absolute Gasteiger partial charge is 0.401 e. The van der Waals surface area contributed by atoms with Gasteiger partial charge in [0.1, 0.15) is 0 Å². The molecule has 8 heteroatoms. The van der Waals surface area contributed by atoms with Crippen LogP contribution in [0.4, 0.5) is 18.0 Å². The lowest BCUT2D eigenvalue weighted by molar-refractivity contribution is -0.145. The van der Waals surface area contributed by atoms with Gasteiger partial charge in [0.25, 0.3) is 0 Å². The van der Waals surface area contributed by atoms with Crippen LogP contribution in [0, 0.1) is 0 Å². The fourth-order valence-electron chi connectivity index (χ4n) is 3.21. The van der Waals surface area contributed by atoms with E-state index in [-0.39, 0.29) is 18.6 Å². The third kappa shape index (κ3) is 5.22. The first-order chi connectivity index (χ1) is 10.4. The number of nitrogens with one attached hydrogen (secondary N) is 1. The summed E-state index contributed by atoms with van der Waals surface area (Å²) in [5.74, 6) is 0. The Labute approximate surface area is 133 Å². The van der Waals surface area contributed by atoms with Crippen LogP contribution >= 0.6 is 11.8 Å². The quantitative estimate of drug-likeness (QED) is 0.858. The molecule has 1 saturated carbocycles. The van der Waals surface area contributed by atoms with Crippen LogP contribution in [-0.4, -0.2) is 72.3 Å². The van der Waals surface area contributed by atoms with E-state index in [1.165, 1.54) is 4.90 Å². The molecule has 2 rings (SSSR count). The van der Waals surface area contributed by atoms with Crippen molar-refractivity contribution >= 4 is 17.8 Å². The van der Waals surface area contributed by atoms with Crippen LogP contribution in [-0.2, 0) is 0 Å². The number of hydrogen-bond donors (Lipinski definition) is 1. The molecule has 22 heavy (non-hydrogen) atoms. The Balaban J connectivity index is 1.81. The van der Waals surface area contributed by atoms with Crippen molar-refractivity contribution < 1.29 is 18.0 Å². The fraction of sp³-hybridized carbons (Fsp3) is 0.929. The third-order valence-electron chi connectivity index (χ3n) is 4.34. The zero-order valence-corrected chi connectivity index (χ0v) is 13.7. The smallest absolute Gasteiger partial charge is 0.334 e. The normalized spacial score (nSPS) is 27.7. The zero-order valence-electron chi connectivity index (χ0n) is 12.9. The predicted molar refractivity (Wildman–Crippen MR) is 82.2 cm³/mol. The van der Waals surface area contributed by atoms with E-state index in [0.29, 0.717) is 31.3 Å². The highest BCUT2D eigenvalue weighted by Crippen LogP contribution is 2.28. The number of urea groups is 1. The van der Waals surface area contributed by atoms with Crippen LogP contribution in [0.5, 0.6) is 0 Å². The number of halogens is 3. The van der Waals surface area contributed by atoms with Gasteiger partial charge in [0.2, 0.25) is 0 Å². The lowest BCUT2D eigenvalue weighted by Gasteiger charge is -2.26. The number of carbonyl (C=O) groups excluding carboxylic acids is 1. The molecule has 0 unspecified atom stereocenters. The van der Waals surface area contributed by atoms with Crippen LogP contribution in [0.2, 0.25) is 0 Å². The van der Waals surface area contributed by atoms with Crippen LogP contribution in [0.25, 0.3) is 0 Å². The summed E-state index contributed by atoms with van der Waals surface area (Å²) in [5.41, 5.74) is 0. The summed E-state index contributed by atoms with van der Waals surface area (Å²) in [4.78, 5) is 15.4. The van der Waals surface area contributed by atoms with E-state index in [0.717, 1.165) is 19.3 Å². The van der Waals surface area contributed by atoms with Crippen LogP contribution in [0.3, 0.4) is 0 Å². The minimum absolute atomic E-state index is 0.125. The zero-order chi connectivity index (χ0) is 16.2. The summed E-state index contributed by atoms with van der Waals surface area (Å²) in [5, 5.41) is 3.52. The number of nitrogens with zero attached hydrogens (tertiary/aromatic N) is 2. The molecule has 1 heterocycles. The predicted octanol–water partition coefficient (Wildman–Crippen LogP) is 2.55. The second kappa shape index (κ2) is 7.77. The highest BCUT2D eigenvalue weighted by Gasteiger charge is 2.33. The maximum atomic E-state index is 12.4. The van der Waals surface area contributed by atoms with E-state index in [4.69, 9.17) is 0 Å². The molecule has 2 amide bonds. The Bertz CT molecular complexity index is 381. The summed E-state index contributed by atoms with van der Waals surface area (Å²) >= 11 is 1.77. The Morgan fingerprint density at radius 3 is 2.64 bits per heavy atom. The van der Waals surface area contributed by atoms with Crippen molar-refractivity contribution in [2.75, 3.05) is 39.0 Å². The van der Waals surface area contributed by atoms with Crippen molar-refractivity contribution in [3.63, 3.8) is 0 Å². The molecule has 0 aromatic rings. The lowest BCUT2D eigenvalue weighted by atomic mass is 10.2. The van der Waals surface area contributed by atoms with E-state index in [9.17, 15) is 18.0 Å². The molecule has 4 nitrogen and oxygen atoms in total. The SMILES string of the molecule is CS[C@@H]1CCC[C@H]1NC(=O)N1CCCN(CC(F)(F)F)CC1. The first-order valence-electron chi connectivity index (χ1n) is 7.76. The maximum Gasteiger partial charge on any atom is 0.401 e. The molecular weight excluding hydrogens is 315 g/mol. The number of carbonyl (C=O) groups is 1. The minimum atomic E-state index is -4.17. The number of thioether (sulfide) groups is 1. The Morgan fingerprint density at radius 1 is 1.18 bits per heavy atom. The first-order valence-corrected chi connectivity index (χ1v) is 9.05. The Kier molecular flexibility index (Phi) is 6.26. The van der Waals surface area contributed by atoms with E-state index in [1.54, 1.807) is 16.7 Å². The Hall–Kier alpha value is -0.630. The standard InChI is InChI=1S/C14H24F3N3OS/c1-22-12-5-2-4-11(12)18-13(21)20-7-3-6-19(8-9-20)10-14(15,16)17/h11-12H,2-10H2,1H3,(H,18,21)/t11-,12-/m1/s1. The first kappa shape index (κ1) is 17.7. The van der Waals surface area contributed by atoms with Crippen molar-refractivity contribution in [1.29, 1.82) is 0 Å². The molecule has 0 radical (unpaired) electrons. The summed E-state index contributed by atoms with van der Waals surface area (Å²) in [6.07, 6.45) is 1.69. The second-order valence-corrected chi connectivity index (χ2v) is 7.07. The van der Waals surface area contributed by atoms with Gasteiger partial charge >= 0.3 is 12.2 Å². The number of rotatable bonds is 3. The monoisotopic (exact) mass is 339 g/mol. The van der Waals surface area contributed by atoms with E-state index in [2.05, 4.69) is 11.6 Å². The van der Waals surface area contributed by atoms with Gasteiger partial charge in [-0.25, -0.2) is 4.79 Å². The highest BCUT2D eigenvalue weighted by atomic mass is 32.2. The molecule has 1 aliphatic carbocycles. The molecule has 2 aliphatic rings. The molecule has 0 aromatic carbocycles. The van der Waals surface area contributed by atoms with Gasteiger partial charge in [0.15, 0.2) is 0 Å². The van der Waals surface area contributed by atoms with Gasteiger partial charge in [-0.3, -0.25) is 4.90 Å². The van der Waals surface area contributed by atoms with Gasteiger partial charge in [-0.15, -0.1) is 0 Å². The highest BCUT2D eigenvalue weighted by molar-refractivity contribution is 7.99. The molecule has 1 aliphatic heterocycles. The van der Waals surface area contributed by atoms with Crippen molar-refractivity contribution in [2.45, 2.75) is 43.2 Å². The average molecular weight is 339 g/mol. The molecular formula is C14H24F3N3OS. The summed E-state index contributed by atoms with van der Waals surface area (Å²) in [6, 6.07) is 0.0665. The van der Waals surface area contributed by atoms with Crippen molar-refractivity contribution in [2.24, 2.45) is 0 Å². The van der Waals surface area contributed by atoms with E-state index in [1.807, 2.05) is 0 Å². The molecule has 2 atom stereocenters. The third-order valence-corrected chi connectivity index (χ3v) is 5.51. The summed E-state index contributed by atoms with van der Waals surface area (Å²) < 4.78 is 37.3. The van der Waals surface area contributed by atoms with Gasteiger partial charge in [0.05, 0.1) is 6.54 Å². The lowest BCUT2D eigenvalue weighted by Crippen LogP contribution is -2.48.